The Morgan fingerprint density at radius 3 is 2.88 bits per heavy atom. The lowest BCUT2D eigenvalue weighted by atomic mass is 9.95. The van der Waals surface area contributed by atoms with Gasteiger partial charge in [0.1, 0.15) is 12.4 Å². The molecule has 1 aromatic carbocycles. The molecule has 3 rings (SSSR count). The van der Waals surface area contributed by atoms with Crippen LogP contribution < -0.4 is 4.74 Å². The predicted molar refractivity (Wildman–Crippen MR) is 93.6 cm³/mol. The van der Waals surface area contributed by atoms with Crippen molar-refractivity contribution in [2.75, 3.05) is 33.3 Å². The van der Waals surface area contributed by atoms with E-state index in [1.165, 1.54) is 0 Å². The summed E-state index contributed by atoms with van der Waals surface area (Å²) in [7, 11) is 1.85. The Kier molecular flexibility index (Phi) is 5.58. The molecule has 25 heavy (non-hydrogen) atoms. The number of para-hydroxylation sites is 1. The van der Waals surface area contributed by atoms with Crippen molar-refractivity contribution >= 4 is 11.9 Å². The van der Waals surface area contributed by atoms with Gasteiger partial charge in [0.15, 0.2) is 0 Å². The van der Waals surface area contributed by atoms with Gasteiger partial charge in [-0.25, -0.2) is 0 Å². The van der Waals surface area contributed by atoms with E-state index < -0.39 is 5.97 Å². The molecule has 1 fully saturated rings. The molecule has 2 aliphatic rings. The number of nitrogens with zero attached hydrogens (tertiary/aromatic N) is 2. The number of carbonyl (C=O) groups excluding carboxylic acids is 1. The number of amides is 1. The van der Waals surface area contributed by atoms with E-state index in [4.69, 9.17) is 9.84 Å². The third-order valence-corrected chi connectivity index (χ3v) is 5.25. The van der Waals surface area contributed by atoms with Crippen LogP contribution in [0.4, 0.5) is 0 Å². The van der Waals surface area contributed by atoms with Crippen molar-refractivity contribution in [3.8, 4) is 5.75 Å². The molecule has 2 unspecified atom stereocenters. The highest BCUT2D eigenvalue weighted by Crippen LogP contribution is 2.28. The Morgan fingerprint density at radius 2 is 2.08 bits per heavy atom. The fourth-order valence-electron chi connectivity index (χ4n) is 3.83. The highest BCUT2D eigenvalue weighted by molar-refractivity contribution is 5.79. The van der Waals surface area contributed by atoms with E-state index in [9.17, 15) is 9.59 Å². The highest BCUT2D eigenvalue weighted by Gasteiger charge is 2.31. The molecule has 2 atom stereocenters. The number of benzene rings is 1. The number of likely N-dealkylation sites (N-methyl/N-ethyl adjacent to an activating group) is 1. The van der Waals surface area contributed by atoms with Crippen molar-refractivity contribution in [2.45, 2.75) is 31.7 Å². The van der Waals surface area contributed by atoms with Crippen LogP contribution in [0, 0.1) is 5.92 Å². The molecule has 1 aromatic rings. The van der Waals surface area contributed by atoms with Crippen LogP contribution in [0.25, 0.3) is 0 Å². The monoisotopic (exact) mass is 346 g/mol. The number of rotatable bonds is 4. The molecule has 6 nitrogen and oxygen atoms in total. The van der Waals surface area contributed by atoms with Crippen LogP contribution in [-0.4, -0.2) is 66.1 Å². The van der Waals surface area contributed by atoms with Gasteiger partial charge in [-0.3, -0.25) is 14.5 Å². The Bertz CT molecular complexity index is 634. The van der Waals surface area contributed by atoms with Crippen LogP contribution in [0.5, 0.6) is 5.75 Å². The molecule has 2 heterocycles. The second-order valence-electron chi connectivity index (χ2n) is 7.04. The molecule has 0 aliphatic carbocycles. The second-order valence-corrected chi connectivity index (χ2v) is 7.04. The van der Waals surface area contributed by atoms with Gasteiger partial charge in [0.2, 0.25) is 5.91 Å². The first-order valence-corrected chi connectivity index (χ1v) is 8.96. The zero-order chi connectivity index (χ0) is 17.8. The zero-order valence-corrected chi connectivity index (χ0v) is 14.7. The standard InChI is InChI=1S/C19H26N2O4/c1-20(12-18(22)23)16-6-4-9-21(10-8-16)19(24)15-11-14-5-2-3-7-17(14)25-13-15/h2-3,5,7,15-16H,4,6,8-13H2,1H3,(H,22,23). The molecule has 0 radical (unpaired) electrons. The molecule has 2 aliphatic heterocycles. The lowest BCUT2D eigenvalue weighted by molar-refractivity contribution is -0.139. The van der Waals surface area contributed by atoms with E-state index in [1.54, 1.807) is 0 Å². The average Bonchev–Trinajstić information content (AvgIpc) is 2.86. The SMILES string of the molecule is CN(CC(=O)O)C1CCCN(C(=O)C2COc3ccccc3C2)CC1. The number of carbonyl (C=O) groups is 2. The Labute approximate surface area is 148 Å². The summed E-state index contributed by atoms with van der Waals surface area (Å²) >= 11 is 0. The topological polar surface area (TPSA) is 70.1 Å². The average molecular weight is 346 g/mol. The first-order chi connectivity index (χ1) is 12.0. The maximum atomic E-state index is 12.9. The summed E-state index contributed by atoms with van der Waals surface area (Å²) in [4.78, 5) is 27.6. The fraction of sp³-hybridized carbons (Fsp3) is 0.579. The Balaban J connectivity index is 1.57. The van der Waals surface area contributed by atoms with E-state index in [1.807, 2.05) is 41.1 Å². The molecule has 6 heteroatoms. The first kappa shape index (κ1) is 17.7. The highest BCUT2D eigenvalue weighted by atomic mass is 16.5. The summed E-state index contributed by atoms with van der Waals surface area (Å²) in [6, 6.07) is 8.11. The van der Waals surface area contributed by atoms with Crippen LogP contribution >= 0.6 is 0 Å². The maximum Gasteiger partial charge on any atom is 0.317 e. The van der Waals surface area contributed by atoms with Crippen molar-refractivity contribution in [2.24, 2.45) is 5.92 Å². The molecular weight excluding hydrogens is 320 g/mol. The van der Waals surface area contributed by atoms with Gasteiger partial charge in [0.25, 0.3) is 0 Å². The lowest BCUT2D eigenvalue weighted by Crippen LogP contribution is -2.42. The van der Waals surface area contributed by atoms with Crippen molar-refractivity contribution in [3.05, 3.63) is 29.8 Å². The quantitative estimate of drug-likeness (QED) is 0.897. The minimum absolute atomic E-state index is 0.0475. The van der Waals surface area contributed by atoms with E-state index in [-0.39, 0.29) is 24.4 Å². The predicted octanol–water partition coefficient (Wildman–Crippen LogP) is 1.64. The van der Waals surface area contributed by atoms with Gasteiger partial charge in [-0.2, -0.15) is 0 Å². The number of ether oxygens (including phenoxy) is 1. The number of hydrogen-bond acceptors (Lipinski definition) is 4. The minimum atomic E-state index is -0.808. The number of carboxylic acids is 1. The van der Waals surface area contributed by atoms with Crippen molar-refractivity contribution < 1.29 is 19.4 Å². The maximum absolute atomic E-state index is 12.9. The summed E-state index contributed by atoms with van der Waals surface area (Å²) in [5.41, 5.74) is 1.10. The molecule has 1 N–H and O–H groups in total. The van der Waals surface area contributed by atoms with Crippen LogP contribution in [0.1, 0.15) is 24.8 Å². The van der Waals surface area contributed by atoms with E-state index in [2.05, 4.69) is 0 Å². The smallest absolute Gasteiger partial charge is 0.317 e. The Hall–Kier alpha value is -2.08. The molecule has 0 bridgehead atoms. The van der Waals surface area contributed by atoms with Gasteiger partial charge in [0, 0.05) is 19.1 Å². The molecule has 0 aromatic heterocycles. The van der Waals surface area contributed by atoms with Gasteiger partial charge >= 0.3 is 5.97 Å². The van der Waals surface area contributed by atoms with Crippen LogP contribution in [-0.2, 0) is 16.0 Å². The molecule has 1 saturated heterocycles. The van der Waals surface area contributed by atoms with E-state index in [0.29, 0.717) is 13.2 Å². The molecule has 0 spiro atoms. The van der Waals surface area contributed by atoms with E-state index >= 15 is 0 Å². The minimum Gasteiger partial charge on any atom is -0.492 e. The van der Waals surface area contributed by atoms with Crippen molar-refractivity contribution in [1.82, 2.24) is 9.80 Å². The number of aliphatic carboxylic acids is 1. The number of fused-ring (bicyclic) bond motifs is 1. The van der Waals surface area contributed by atoms with Gasteiger partial charge in [-0.1, -0.05) is 18.2 Å². The van der Waals surface area contributed by atoms with Crippen molar-refractivity contribution in [1.29, 1.82) is 0 Å². The molecule has 0 saturated carbocycles. The van der Waals surface area contributed by atoms with Crippen LogP contribution in [0.2, 0.25) is 0 Å². The number of likely N-dealkylation sites (tertiary alicyclic amines) is 1. The Morgan fingerprint density at radius 1 is 1.28 bits per heavy atom. The summed E-state index contributed by atoms with van der Waals surface area (Å²) < 4.78 is 5.76. The van der Waals surface area contributed by atoms with Gasteiger partial charge in [-0.15, -0.1) is 0 Å². The zero-order valence-electron chi connectivity index (χ0n) is 14.7. The number of carboxylic acid groups (broad SMARTS) is 1. The number of hydrogen-bond donors (Lipinski definition) is 1. The van der Waals surface area contributed by atoms with Crippen LogP contribution in [0.3, 0.4) is 0 Å². The molecular formula is C19H26N2O4. The summed E-state index contributed by atoms with van der Waals surface area (Å²) in [6.45, 7) is 1.92. The van der Waals surface area contributed by atoms with Gasteiger partial charge in [-0.05, 0) is 44.4 Å². The third kappa shape index (κ3) is 4.31. The van der Waals surface area contributed by atoms with Crippen molar-refractivity contribution in [3.63, 3.8) is 0 Å². The molecule has 136 valence electrons. The van der Waals surface area contributed by atoms with E-state index in [0.717, 1.165) is 43.5 Å². The first-order valence-electron chi connectivity index (χ1n) is 8.96. The normalized spacial score (nSPS) is 23.5. The second kappa shape index (κ2) is 7.87. The molecule has 1 amide bonds. The van der Waals surface area contributed by atoms with Gasteiger partial charge in [0.05, 0.1) is 12.5 Å². The fourth-order valence-corrected chi connectivity index (χ4v) is 3.83. The lowest BCUT2D eigenvalue weighted by Gasteiger charge is -2.30. The summed E-state index contributed by atoms with van der Waals surface area (Å²) in [5.74, 6) is 0.120. The summed E-state index contributed by atoms with van der Waals surface area (Å²) in [6.07, 6.45) is 3.38. The largest absolute Gasteiger partial charge is 0.492 e. The van der Waals surface area contributed by atoms with Gasteiger partial charge < -0.3 is 14.7 Å². The van der Waals surface area contributed by atoms with Crippen LogP contribution in [0.15, 0.2) is 24.3 Å². The third-order valence-electron chi connectivity index (χ3n) is 5.25. The summed E-state index contributed by atoms with van der Waals surface area (Å²) in [5, 5.41) is 8.96.